The van der Waals surface area contributed by atoms with E-state index in [1.807, 2.05) is 42.5 Å². The maximum Gasteiger partial charge on any atom is 0.230 e. The second-order valence-corrected chi connectivity index (χ2v) is 5.76. The maximum atomic E-state index is 5.92. The third-order valence-corrected chi connectivity index (χ3v) is 4.13. The molecule has 1 aliphatic carbocycles. The van der Waals surface area contributed by atoms with E-state index in [0.717, 1.165) is 22.9 Å². The quantitative estimate of drug-likeness (QED) is 0.705. The zero-order chi connectivity index (χ0) is 14.2. The van der Waals surface area contributed by atoms with E-state index in [2.05, 4.69) is 22.3 Å². The zero-order valence-electron chi connectivity index (χ0n) is 11.2. The molecule has 0 N–H and O–H groups in total. The molecule has 2 aromatic carbocycles. The fourth-order valence-electron chi connectivity index (χ4n) is 2.64. The van der Waals surface area contributed by atoms with Gasteiger partial charge in [-0.1, -0.05) is 59.2 Å². The first-order valence-corrected chi connectivity index (χ1v) is 7.33. The summed E-state index contributed by atoms with van der Waals surface area (Å²) in [6.45, 7) is 0. The fourth-order valence-corrected chi connectivity index (χ4v) is 2.76. The van der Waals surface area contributed by atoms with Crippen LogP contribution in [0.1, 0.15) is 29.7 Å². The van der Waals surface area contributed by atoms with E-state index in [0.29, 0.717) is 17.7 Å². The van der Waals surface area contributed by atoms with Crippen LogP contribution in [0.2, 0.25) is 5.02 Å². The topological polar surface area (TPSA) is 38.9 Å². The molecule has 0 radical (unpaired) electrons. The van der Waals surface area contributed by atoms with Crippen molar-refractivity contribution in [2.75, 3.05) is 0 Å². The van der Waals surface area contributed by atoms with Crippen molar-refractivity contribution < 1.29 is 4.52 Å². The lowest BCUT2D eigenvalue weighted by atomic mass is 10.1. The predicted molar refractivity (Wildman–Crippen MR) is 81.3 cm³/mol. The number of nitrogens with zero attached hydrogens (tertiary/aromatic N) is 2. The van der Waals surface area contributed by atoms with Gasteiger partial charge in [0.15, 0.2) is 0 Å². The second-order valence-electron chi connectivity index (χ2n) is 5.32. The lowest BCUT2D eigenvalue weighted by molar-refractivity contribution is 0.378. The third-order valence-electron chi connectivity index (χ3n) is 3.88. The summed E-state index contributed by atoms with van der Waals surface area (Å²) >= 11 is 5.92. The Bertz CT molecular complexity index is 752. The van der Waals surface area contributed by atoms with Crippen LogP contribution < -0.4 is 0 Å². The van der Waals surface area contributed by atoms with Crippen molar-refractivity contribution in [1.29, 1.82) is 0 Å². The van der Waals surface area contributed by atoms with Crippen LogP contribution in [0.5, 0.6) is 0 Å². The van der Waals surface area contributed by atoms with Gasteiger partial charge >= 0.3 is 0 Å². The highest BCUT2D eigenvalue weighted by molar-refractivity contribution is 6.30. The molecule has 0 spiro atoms. The fraction of sp³-hybridized carbons (Fsp3) is 0.176. The van der Waals surface area contributed by atoms with Gasteiger partial charge in [0.25, 0.3) is 0 Å². The van der Waals surface area contributed by atoms with Gasteiger partial charge in [-0.2, -0.15) is 4.98 Å². The van der Waals surface area contributed by atoms with Crippen LogP contribution >= 0.6 is 11.6 Å². The van der Waals surface area contributed by atoms with Crippen molar-refractivity contribution in [1.82, 2.24) is 10.1 Å². The minimum absolute atomic E-state index is 0.330. The highest BCUT2D eigenvalue weighted by Crippen LogP contribution is 2.54. The Morgan fingerprint density at radius 3 is 2.48 bits per heavy atom. The summed E-state index contributed by atoms with van der Waals surface area (Å²) in [6.07, 6.45) is 1.05. The molecule has 1 heterocycles. The number of benzene rings is 2. The van der Waals surface area contributed by atoms with Gasteiger partial charge in [0.1, 0.15) is 0 Å². The van der Waals surface area contributed by atoms with Gasteiger partial charge in [-0.25, -0.2) is 0 Å². The van der Waals surface area contributed by atoms with Gasteiger partial charge in [-0.15, -0.1) is 0 Å². The lowest BCUT2D eigenvalue weighted by Crippen LogP contribution is -1.85. The van der Waals surface area contributed by atoms with Crippen molar-refractivity contribution in [2.45, 2.75) is 18.3 Å². The smallest absolute Gasteiger partial charge is 0.230 e. The van der Waals surface area contributed by atoms with E-state index in [1.165, 1.54) is 5.56 Å². The summed E-state index contributed by atoms with van der Waals surface area (Å²) in [5.41, 5.74) is 2.26. The van der Waals surface area contributed by atoms with Crippen molar-refractivity contribution in [3.63, 3.8) is 0 Å². The first-order chi connectivity index (χ1) is 10.3. The molecule has 1 aromatic heterocycles. The molecule has 104 valence electrons. The molecular formula is C17H13ClN2O. The monoisotopic (exact) mass is 296 g/mol. The molecule has 21 heavy (non-hydrogen) atoms. The van der Waals surface area contributed by atoms with Crippen LogP contribution in [0.4, 0.5) is 0 Å². The summed E-state index contributed by atoms with van der Waals surface area (Å²) in [5, 5.41) is 4.85. The van der Waals surface area contributed by atoms with E-state index in [9.17, 15) is 0 Å². The van der Waals surface area contributed by atoms with E-state index in [4.69, 9.17) is 16.1 Å². The molecule has 0 saturated heterocycles. The van der Waals surface area contributed by atoms with Gasteiger partial charge < -0.3 is 4.52 Å². The molecule has 2 atom stereocenters. The maximum absolute atomic E-state index is 5.92. The molecule has 2 unspecified atom stereocenters. The Labute approximate surface area is 127 Å². The van der Waals surface area contributed by atoms with Gasteiger partial charge in [-0.3, -0.25) is 0 Å². The number of hydrogen-bond acceptors (Lipinski definition) is 3. The van der Waals surface area contributed by atoms with Crippen molar-refractivity contribution >= 4 is 11.6 Å². The Balaban J connectivity index is 1.54. The van der Waals surface area contributed by atoms with Gasteiger partial charge in [-0.05, 0) is 30.0 Å². The van der Waals surface area contributed by atoms with Crippen LogP contribution in [-0.2, 0) is 0 Å². The Kier molecular flexibility index (Phi) is 3.00. The summed E-state index contributed by atoms with van der Waals surface area (Å²) in [5.74, 6) is 2.18. The van der Waals surface area contributed by atoms with Crippen LogP contribution in [0.25, 0.3) is 11.4 Å². The van der Waals surface area contributed by atoms with E-state index < -0.39 is 0 Å². The third kappa shape index (κ3) is 2.45. The summed E-state index contributed by atoms with van der Waals surface area (Å²) < 4.78 is 5.43. The van der Waals surface area contributed by atoms with Crippen LogP contribution in [0, 0.1) is 0 Å². The van der Waals surface area contributed by atoms with Crippen LogP contribution in [0.15, 0.2) is 59.1 Å². The first kappa shape index (κ1) is 12.6. The minimum atomic E-state index is 0.330. The van der Waals surface area contributed by atoms with Gasteiger partial charge in [0.05, 0.1) is 0 Å². The molecule has 0 aliphatic heterocycles. The molecule has 1 saturated carbocycles. The standard InChI is InChI=1S/C17H13ClN2O/c18-13-8-6-11(7-9-13)14-10-15(14)17-19-16(20-21-17)12-4-2-1-3-5-12/h1-9,14-15H,10H2. The zero-order valence-corrected chi connectivity index (χ0v) is 12.0. The lowest BCUT2D eigenvalue weighted by Gasteiger charge is -1.98. The number of aromatic nitrogens is 2. The molecule has 0 bridgehead atoms. The van der Waals surface area contributed by atoms with Crippen molar-refractivity contribution in [2.24, 2.45) is 0 Å². The van der Waals surface area contributed by atoms with Crippen molar-refractivity contribution in [3.05, 3.63) is 71.1 Å². The normalized spacial score (nSPS) is 20.4. The predicted octanol–water partition coefficient (Wildman–Crippen LogP) is 4.66. The Morgan fingerprint density at radius 2 is 1.71 bits per heavy atom. The minimum Gasteiger partial charge on any atom is -0.339 e. The average Bonchev–Trinajstić information content (AvgIpc) is 3.17. The summed E-state index contributed by atoms with van der Waals surface area (Å²) in [6, 6.07) is 17.9. The SMILES string of the molecule is Clc1ccc(C2CC2c2nc(-c3ccccc3)no2)cc1. The van der Waals surface area contributed by atoms with E-state index >= 15 is 0 Å². The van der Waals surface area contributed by atoms with Crippen LogP contribution in [-0.4, -0.2) is 10.1 Å². The second kappa shape index (κ2) is 5.01. The number of rotatable bonds is 3. The highest BCUT2D eigenvalue weighted by Gasteiger charge is 2.43. The Hall–Kier alpha value is -2.13. The van der Waals surface area contributed by atoms with Crippen LogP contribution in [0.3, 0.4) is 0 Å². The molecule has 3 aromatic rings. The molecule has 0 amide bonds. The summed E-state index contributed by atoms with van der Waals surface area (Å²) in [7, 11) is 0. The van der Waals surface area contributed by atoms with Gasteiger partial charge in [0.2, 0.25) is 11.7 Å². The largest absolute Gasteiger partial charge is 0.339 e. The molecule has 1 fully saturated rings. The average molecular weight is 297 g/mol. The Morgan fingerprint density at radius 1 is 0.952 bits per heavy atom. The van der Waals surface area contributed by atoms with Crippen molar-refractivity contribution in [3.8, 4) is 11.4 Å². The summed E-state index contributed by atoms with van der Waals surface area (Å²) in [4.78, 5) is 4.53. The number of hydrogen-bond donors (Lipinski definition) is 0. The molecule has 4 rings (SSSR count). The highest BCUT2D eigenvalue weighted by atomic mass is 35.5. The number of halogens is 1. The molecular weight excluding hydrogens is 284 g/mol. The van der Waals surface area contributed by atoms with E-state index in [1.54, 1.807) is 0 Å². The first-order valence-electron chi connectivity index (χ1n) is 6.96. The van der Waals surface area contributed by atoms with E-state index in [-0.39, 0.29) is 0 Å². The molecule has 4 heteroatoms. The van der Waals surface area contributed by atoms with Gasteiger partial charge in [0, 0.05) is 16.5 Å². The molecule has 3 nitrogen and oxygen atoms in total. The molecule has 1 aliphatic rings.